The number of carbonyl (C=O) groups excluding carboxylic acids is 3. The molecule has 1 aliphatic heterocycles. The van der Waals surface area contributed by atoms with Crippen LogP contribution in [0, 0.1) is 12.8 Å². The van der Waals surface area contributed by atoms with Crippen molar-refractivity contribution < 1.29 is 19.1 Å². The number of pyridine rings is 1. The number of H-pyrrole nitrogens is 1. The zero-order chi connectivity index (χ0) is 23.0. The van der Waals surface area contributed by atoms with Crippen LogP contribution in [0.5, 0.6) is 5.75 Å². The first-order valence-electron chi connectivity index (χ1n) is 10.6. The van der Waals surface area contributed by atoms with E-state index in [-0.39, 0.29) is 36.4 Å². The number of nitrogens with zero attached hydrogens (tertiary/aromatic N) is 1. The molecule has 1 fully saturated rings. The minimum absolute atomic E-state index is 0.0979. The second kappa shape index (κ2) is 8.49. The third-order valence-electron chi connectivity index (χ3n) is 6.16. The molecule has 9 heteroatoms. The fraction of sp³-hybridized carbons (Fsp3) is 0.391. The number of ether oxygens (including phenoxy) is 1. The number of amides is 3. The van der Waals surface area contributed by atoms with Gasteiger partial charge in [0.05, 0.1) is 24.8 Å². The molecule has 0 bridgehead atoms. The van der Waals surface area contributed by atoms with E-state index in [2.05, 4.69) is 10.3 Å². The average Bonchev–Trinajstić information content (AvgIpc) is 3.14. The summed E-state index contributed by atoms with van der Waals surface area (Å²) in [6, 6.07) is 6.69. The van der Waals surface area contributed by atoms with Gasteiger partial charge < -0.3 is 25.7 Å². The summed E-state index contributed by atoms with van der Waals surface area (Å²) in [5, 5.41) is 3.01. The van der Waals surface area contributed by atoms with Crippen LogP contribution in [0.3, 0.4) is 0 Å². The Kier molecular flexibility index (Phi) is 5.73. The third-order valence-corrected chi connectivity index (χ3v) is 6.16. The van der Waals surface area contributed by atoms with Crippen LogP contribution in [0.1, 0.15) is 52.5 Å². The maximum Gasteiger partial charge on any atom is 0.261 e. The van der Waals surface area contributed by atoms with Crippen molar-refractivity contribution in [3.8, 4) is 5.75 Å². The van der Waals surface area contributed by atoms with Gasteiger partial charge in [0, 0.05) is 18.7 Å². The van der Waals surface area contributed by atoms with Gasteiger partial charge in [-0.25, -0.2) is 0 Å². The molecule has 4 rings (SSSR count). The molecule has 1 aliphatic carbocycles. The van der Waals surface area contributed by atoms with Crippen molar-refractivity contribution >= 4 is 23.4 Å². The second-order valence-electron chi connectivity index (χ2n) is 8.34. The van der Waals surface area contributed by atoms with Gasteiger partial charge in [-0.2, -0.15) is 0 Å². The fourth-order valence-electron chi connectivity index (χ4n) is 4.49. The Labute approximate surface area is 184 Å². The lowest BCUT2D eigenvalue weighted by atomic mass is 9.89. The number of aryl methyl sites for hydroxylation is 2. The van der Waals surface area contributed by atoms with Crippen molar-refractivity contribution in [1.82, 2.24) is 10.3 Å². The molecule has 2 atom stereocenters. The first-order chi connectivity index (χ1) is 15.3. The van der Waals surface area contributed by atoms with E-state index in [1.54, 1.807) is 18.1 Å². The van der Waals surface area contributed by atoms with Crippen molar-refractivity contribution in [2.45, 2.75) is 38.6 Å². The average molecular weight is 438 g/mol. The highest BCUT2D eigenvalue weighted by molar-refractivity contribution is 6.01. The number of fused-ring (bicyclic) bond motifs is 1. The Bertz CT molecular complexity index is 1160. The summed E-state index contributed by atoms with van der Waals surface area (Å²) in [4.78, 5) is 53.7. The van der Waals surface area contributed by atoms with Crippen LogP contribution in [0.15, 0.2) is 29.1 Å². The van der Waals surface area contributed by atoms with Crippen LogP contribution in [0.4, 0.5) is 5.69 Å². The van der Waals surface area contributed by atoms with Crippen LogP contribution in [-0.2, 0) is 16.0 Å². The Morgan fingerprint density at radius 1 is 1.25 bits per heavy atom. The molecule has 0 radical (unpaired) electrons. The molecule has 2 aromatic rings. The Morgan fingerprint density at radius 2 is 2.03 bits per heavy atom. The summed E-state index contributed by atoms with van der Waals surface area (Å²) >= 11 is 0. The van der Waals surface area contributed by atoms with Crippen molar-refractivity contribution in [2.24, 2.45) is 11.7 Å². The Morgan fingerprint density at radius 3 is 2.75 bits per heavy atom. The van der Waals surface area contributed by atoms with Crippen molar-refractivity contribution in [1.29, 1.82) is 0 Å². The SMILES string of the molecule is COc1ccc(C)cc1N1C[C@@H](C(=O)N[C@@H]2CCCc3[nH]c(=O)c(C(N)=O)cc32)CC1=O. The number of nitrogens with one attached hydrogen (secondary N) is 2. The molecule has 0 saturated carbocycles. The number of aromatic amines is 1. The highest BCUT2D eigenvalue weighted by Crippen LogP contribution is 2.35. The lowest BCUT2D eigenvalue weighted by Crippen LogP contribution is -2.38. The highest BCUT2D eigenvalue weighted by atomic mass is 16.5. The predicted octanol–water partition coefficient (Wildman–Crippen LogP) is 1.34. The maximum absolute atomic E-state index is 13.1. The molecular formula is C23H26N4O5. The molecular weight excluding hydrogens is 412 g/mol. The number of carbonyl (C=O) groups is 3. The Balaban J connectivity index is 1.53. The van der Waals surface area contributed by atoms with E-state index in [1.807, 2.05) is 19.1 Å². The molecule has 0 unspecified atom stereocenters. The van der Waals surface area contributed by atoms with Gasteiger partial charge >= 0.3 is 0 Å². The van der Waals surface area contributed by atoms with Gasteiger partial charge in [-0.05, 0) is 55.5 Å². The van der Waals surface area contributed by atoms with Crippen LogP contribution in [-0.4, -0.2) is 36.4 Å². The number of hydrogen-bond donors (Lipinski definition) is 3. The van der Waals surface area contributed by atoms with E-state index in [0.717, 1.165) is 12.0 Å². The minimum atomic E-state index is -0.811. The van der Waals surface area contributed by atoms with E-state index in [1.165, 1.54) is 6.07 Å². The third kappa shape index (κ3) is 3.98. The topological polar surface area (TPSA) is 135 Å². The summed E-state index contributed by atoms with van der Waals surface area (Å²) in [6.45, 7) is 2.18. The predicted molar refractivity (Wildman–Crippen MR) is 118 cm³/mol. The lowest BCUT2D eigenvalue weighted by Gasteiger charge is -2.27. The molecule has 2 aliphatic rings. The summed E-state index contributed by atoms with van der Waals surface area (Å²) in [5.74, 6) is -1.13. The number of aromatic nitrogens is 1. The zero-order valence-electron chi connectivity index (χ0n) is 18.1. The quantitative estimate of drug-likeness (QED) is 0.647. The van der Waals surface area contributed by atoms with Gasteiger partial charge in [0.2, 0.25) is 11.8 Å². The lowest BCUT2D eigenvalue weighted by molar-refractivity contribution is -0.127. The number of hydrogen-bond acceptors (Lipinski definition) is 5. The summed E-state index contributed by atoms with van der Waals surface area (Å²) in [6.07, 6.45) is 2.19. The van der Waals surface area contributed by atoms with E-state index < -0.39 is 17.4 Å². The molecule has 2 heterocycles. The number of rotatable bonds is 5. The number of methoxy groups -OCH3 is 1. The van der Waals surface area contributed by atoms with Gasteiger partial charge in [-0.3, -0.25) is 19.2 Å². The molecule has 32 heavy (non-hydrogen) atoms. The second-order valence-corrected chi connectivity index (χ2v) is 8.34. The smallest absolute Gasteiger partial charge is 0.261 e. The first kappa shape index (κ1) is 21.6. The van der Waals surface area contributed by atoms with Gasteiger partial charge in [-0.15, -0.1) is 0 Å². The molecule has 9 nitrogen and oxygen atoms in total. The van der Waals surface area contributed by atoms with Crippen LogP contribution < -0.4 is 26.2 Å². The minimum Gasteiger partial charge on any atom is -0.495 e. The molecule has 4 N–H and O–H groups in total. The van der Waals surface area contributed by atoms with E-state index in [9.17, 15) is 19.2 Å². The van der Waals surface area contributed by atoms with Crippen LogP contribution in [0.25, 0.3) is 0 Å². The number of benzene rings is 1. The largest absolute Gasteiger partial charge is 0.495 e. The first-order valence-corrected chi connectivity index (χ1v) is 10.6. The molecule has 1 saturated heterocycles. The molecule has 0 spiro atoms. The fourth-order valence-corrected chi connectivity index (χ4v) is 4.49. The highest BCUT2D eigenvalue weighted by Gasteiger charge is 2.37. The van der Waals surface area contributed by atoms with Crippen molar-refractivity contribution in [2.75, 3.05) is 18.6 Å². The van der Waals surface area contributed by atoms with Crippen molar-refractivity contribution in [3.63, 3.8) is 0 Å². The van der Waals surface area contributed by atoms with Gasteiger partial charge in [0.25, 0.3) is 11.5 Å². The summed E-state index contributed by atoms with van der Waals surface area (Å²) in [5.41, 5.74) is 7.70. The monoisotopic (exact) mass is 438 g/mol. The number of anilines is 1. The van der Waals surface area contributed by atoms with Crippen LogP contribution >= 0.6 is 0 Å². The van der Waals surface area contributed by atoms with Gasteiger partial charge in [0.15, 0.2) is 0 Å². The molecule has 168 valence electrons. The molecule has 1 aromatic carbocycles. The van der Waals surface area contributed by atoms with Gasteiger partial charge in [0.1, 0.15) is 11.3 Å². The summed E-state index contributed by atoms with van der Waals surface area (Å²) < 4.78 is 5.40. The van der Waals surface area contributed by atoms with Gasteiger partial charge in [-0.1, -0.05) is 6.07 Å². The van der Waals surface area contributed by atoms with E-state index in [0.29, 0.717) is 35.5 Å². The maximum atomic E-state index is 13.1. The van der Waals surface area contributed by atoms with Crippen molar-refractivity contribution in [3.05, 3.63) is 57.0 Å². The molecule has 1 aromatic heterocycles. The normalized spacial score (nSPS) is 20.1. The zero-order valence-corrected chi connectivity index (χ0v) is 18.1. The Hall–Kier alpha value is -3.62. The molecule has 3 amide bonds. The van der Waals surface area contributed by atoms with E-state index >= 15 is 0 Å². The standard InChI is InChI=1S/C23H26N4O5/c1-12-6-7-19(32-2)18(8-12)27-11-13(9-20(27)28)22(30)25-16-4-3-5-17-14(16)10-15(21(24)29)23(31)26-17/h6-8,10,13,16H,3-5,9,11H2,1-2H3,(H2,24,29)(H,25,30)(H,26,31)/t13-,16+/m0/s1. The van der Waals surface area contributed by atoms with E-state index in [4.69, 9.17) is 10.5 Å². The summed E-state index contributed by atoms with van der Waals surface area (Å²) in [7, 11) is 1.55. The number of nitrogens with two attached hydrogens (primary N) is 1. The van der Waals surface area contributed by atoms with Crippen LogP contribution in [0.2, 0.25) is 0 Å². The number of primary amides is 1.